The quantitative estimate of drug-likeness (QED) is 0.611. The van der Waals surface area contributed by atoms with Gasteiger partial charge in [0.1, 0.15) is 11.9 Å². The molecule has 0 aliphatic carbocycles. The van der Waals surface area contributed by atoms with E-state index >= 15 is 0 Å². The molecule has 1 amide bonds. The predicted molar refractivity (Wildman–Crippen MR) is 85.2 cm³/mol. The molecule has 0 aliphatic heterocycles. The van der Waals surface area contributed by atoms with Gasteiger partial charge in [-0.05, 0) is 36.6 Å². The minimum Gasteiger partial charge on any atom is -0.480 e. The Kier molecular flexibility index (Phi) is 7.30. The van der Waals surface area contributed by atoms with Crippen LogP contribution in [0.25, 0.3) is 0 Å². The number of hydrogen-bond acceptors (Lipinski definition) is 4. The van der Waals surface area contributed by atoms with E-state index in [0.717, 1.165) is 24.3 Å². The molecule has 0 spiro atoms. The molecule has 0 fully saturated rings. The number of carbonyl (C=O) groups is 2. The number of aliphatic carboxylic acids is 1. The standard InChI is InChI=1S/C15H21FN2O5S/c1-10(2)9-13(15(20)21)18-14(19)7-8-17-24(22,23)12-5-3-11(16)4-6-12/h3-6,10,13,17H,7-9H2,1-2H3,(H,18,19)(H,20,21)/t13-/m1/s1. The van der Waals surface area contributed by atoms with Crippen molar-refractivity contribution in [1.82, 2.24) is 10.0 Å². The minimum absolute atomic E-state index is 0.0865. The maximum Gasteiger partial charge on any atom is 0.326 e. The summed E-state index contributed by atoms with van der Waals surface area (Å²) in [6, 6.07) is 3.25. The number of halogens is 1. The van der Waals surface area contributed by atoms with Gasteiger partial charge in [0.25, 0.3) is 0 Å². The van der Waals surface area contributed by atoms with Gasteiger partial charge in [-0.1, -0.05) is 13.8 Å². The van der Waals surface area contributed by atoms with E-state index in [-0.39, 0.29) is 30.2 Å². The van der Waals surface area contributed by atoms with E-state index in [2.05, 4.69) is 10.0 Å². The lowest BCUT2D eigenvalue weighted by atomic mass is 10.0. The Labute approximate surface area is 140 Å². The van der Waals surface area contributed by atoms with Gasteiger partial charge in [0.15, 0.2) is 0 Å². The number of benzene rings is 1. The molecule has 24 heavy (non-hydrogen) atoms. The zero-order valence-electron chi connectivity index (χ0n) is 13.5. The number of carbonyl (C=O) groups excluding carboxylic acids is 1. The molecule has 0 aromatic heterocycles. The Morgan fingerprint density at radius 3 is 2.29 bits per heavy atom. The summed E-state index contributed by atoms with van der Waals surface area (Å²) in [6.45, 7) is 3.47. The number of hydrogen-bond donors (Lipinski definition) is 3. The lowest BCUT2D eigenvalue weighted by Crippen LogP contribution is -2.42. The van der Waals surface area contributed by atoms with Crippen molar-refractivity contribution in [2.75, 3.05) is 6.54 Å². The molecule has 1 atom stereocenters. The third-order valence-electron chi connectivity index (χ3n) is 3.11. The Morgan fingerprint density at radius 2 is 1.79 bits per heavy atom. The second-order valence-corrected chi connectivity index (χ2v) is 7.46. The van der Waals surface area contributed by atoms with Gasteiger partial charge >= 0.3 is 5.97 Å². The van der Waals surface area contributed by atoms with E-state index in [0.29, 0.717) is 0 Å². The van der Waals surface area contributed by atoms with E-state index in [1.54, 1.807) is 0 Å². The van der Waals surface area contributed by atoms with Gasteiger partial charge < -0.3 is 10.4 Å². The van der Waals surface area contributed by atoms with Crippen LogP contribution in [0.15, 0.2) is 29.2 Å². The van der Waals surface area contributed by atoms with E-state index in [9.17, 15) is 22.4 Å². The SMILES string of the molecule is CC(C)C[C@@H](NC(=O)CCNS(=O)(=O)c1ccc(F)cc1)C(=O)O. The van der Waals surface area contributed by atoms with E-state index in [4.69, 9.17) is 5.11 Å². The summed E-state index contributed by atoms with van der Waals surface area (Å²) in [6.07, 6.45) is 0.0741. The highest BCUT2D eigenvalue weighted by atomic mass is 32.2. The van der Waals surface area contributed by atoms with Crippen molar-refractivity contribution in [2.24, 2.45) is 5.92 Å². The van der Waals surface area contributed by atoms with Crippen LogP contribution in [0, 0.1) is 11.7 Å². The van der Waals surface area contributed by atoms with Gasteiger partial charge in [0, 0.05) is 13.0 Å². The first-order chi connectivity index (χ1) is 11.1. The van der Waals surface area contributed by atoms with Crippen molar-refractivity contribution in [3.8, 4) is 0 Å². The molecular formula is C15H21FN2O5S. The highest BCUT2D eigenvalue weighted by Gasteiger charge is 2.21. The van der Waals surface area contributed by atoms with Crippen LogP contribution in [0.2, 0.25) is 0 Å². The highest BCUT2D eigenvalue weighted by Crippen LogP contribution is 2.09. The van der Waals surface area contributed by atoms with Crippen LogP contribution in [-0.4, -0.2) is 38.0 Å². The van der Waals surface area contributed by atoms with Crippen LogP contribution in [0.3, 0.4) is 0 Å². The normalized spacial score (nSPS) is 12.8. The van der Waals surface area contributed by atoms with E-state index in [1.165, 1.54) is 0 Å². The monoisotopic (exact) mass is 360 g/mol. The average Bonchev–Trinajstić information content (AvgIpc) is 2.46. The number of nitrogens with one attached hydrogen (secondary N) is 2. The number of carboxylic acids is 1. The zero-order valence-corrected chi connectivity index (χ0v) is 14.3. The van der Waals surface area contributed by atoms with Crippen LogP contribution < -0.4 is 10.0 Å². The summed E-state index contributed by atoms with van der Waals surface area (Å²) in [4.78, 5) is 22.7. The molecule has 3 N–H and O–H groups in total. The Balaban J connectivity index is 2.52. The van der Waals surface area contributed by atoms with Crippen LogP contribution in [0.4, 0.5) is 4.39 Å². The molecule has 9 heteroatoms. The molecule has 0 unspecified atom stereocenters. The molecule has 0 radical (unpaired) electrons. The van der Waals surface area contributed by atoms with Gasteiger partial charge in [-0.15, -0.1) is 0 Å². The lowest BCUT2D eigenvalue weighted by Gasteiger charge is -2.16. The van der Waals surface area contributed by atoms with Crippen molar-refractivity contribution in [1.29, 1.82) is 0 Å². The van der Waals surface area contributed by atoms with Gasteiger partial charge in [-0.25, -0.2) is 22.3 Å². The Hall–Kier alpha value is -2.00. The average molecular weight is 360 g/mol. The highest BCUT2D eigenvalue weighted by molar-refractivity contribution is 7.89. The molecule has 0 bridgehead atoms. The second kappa shape index (κ2) is 8.74. The first-order valence-corrected chi connectivity index (χ1v) is 8.87. The number of carboxylic acid groups (broad SMARTS) is 1. The van der Waals surface area contributed by atoms with Crippen LogP contribution >= 0.6 is 0 Å². The third kappa shape index (κ3) is 6.63. The lowest BCUT2D eigenvalue weighted by molar-refractivity contribution is -0.142. The first kappa shape index (κ1) is 20.0. The fourth-order valence-electron chi connectivity index (χ4n) is 1.96. The molecule has 0 aliphatic rings. The maximum atomic E-state index is 12.8. The largest absolute Gasteiger partial charge is 0.480 e. The zero-order chi connectivity index (χ0) is 18.3. The van der Waals surface area contributed by atoms with Gasteiger partial charge in [0.2, 0.25) is 15.9 Å². The summed E-state index contributed by atoms with van der Waals surface area (Å²) >= 11 is 0. The number of sulfonamides is 1. The van der Waals surface area contributed by atoms with Crippen molar-refractivity contribution in [2.45, 2.75) is 37.6 Å². The smallest absolute Gasteiger partial charge is 0.326 e. The number of amides is 1. The summed E-state index contributed by atoms with van der Waals surface area (Å²) < 4.78 is 38.9. The molecule has 0 heterocycles. The summed E-state index contributed by atoms with van der Waals surface area (Å²) in [5.41, 5.74) is 0. The molecule has 0 saturated carbocycles. The summed E-state index contributed by atoms with van der Waals surface area (Å²) in [5, 5.41) is 11.4. The van der Waals surface area contributed by atoms with Crippen LogP contribution in [-0.2, 0) is 19.6 Å². The molecule has 1 aromatic rings. The fraction of sp³-hybridized carbons (Fsp3) is 0.467. The van der Waals surface area contributed by atoms with Crippen molar-refractivity contribution < 1.29 is 27.5 Å². The van der Waals surface area contributed by atoms with Gasteiger partial charge in [-0.3, -0.25) is 4.79 Å². The topological polar surface area (TPSA) is 113 Å². The van der Waals surface area contributed by atoms with Gasteiger partial charge in [0.05, 0.1) is 4.90 Å². The first-order valence-electron chi connectivity index (χ1n) is 7.39. The van der Waals surface area contributed by atoms with E-state index in [1.807, 2.05) is 13.8 Å². The van der Waals surface area contributed by atoms with Crippen molar-refractivity contribution in [3.05, 3.63) is 30.1 Å². The molecule has 7 nitrogen and oxygen atoms in total. The summed E-state index contributed by atoms with van der Waals surface area (Å²) in [7, 11) is -3.85. The second-order valence-electron chi connectivity index (χ2n) is 5.69. The maximum absolute atomic E-state index is 12.8. The van der Waals surface area contributed by atoms with Crippen molar-refractivity contribution in [3.63, 3.8) is 0 Å². The Morgan fingerprint density at radius 1 is 1.21 bits per heavy atom. The Bertz CT molecular complexity index is 674. The molecule has 0 saturated heterocycles. The van der Waals surface area contributed by atoms with E-state index < -0.39 is 33.8 Å². The van der Waals surface area contributed by atoms with Crippen LogP contribution in [0.1, 0.15) is 26.7 Å². The predicted octanol–water partition coefficient (Wildman–Crippen LogP) is 1.11. The third-order valence-corrected chi connectivity index (χ3v) is 4.59. The molecule has 134 valence electrons. The molecule has 1 aromatic carbocycles. The number of rotatable bonds is 9. The van der Waals surface area contributed by atoms with Crippen molar-refractivity contribution >= 4 is 21.9 Å². The molecular weight excluding hydrogens is 339 g/mol. The van der Waals surface area contributed by atoms with Crippen LogP contribution in [0.5, 0.6) is 0 Å². The molecule has 1 rings (SSSR count). The van der Waals surface area contributed by atoms with Gasteiger partial charge in [-0.2, -0.15) is 0 Å². The summed E-state index contributed by atoms with van der Waals surface area (Å²) in [5.74, 6) is -2.17. The fourth-order valence-corrected chi connectivity index (χ4v) is 2.99. The minimum atomic E-state index is -3.85.